The first kappa shape index (κ1) is 23.7. The maximum absolute atomic E-state index is 13.2. The third-order valence-corrected chi connectivity index (χ3v) is 6.17. The lowest BCUT2D eigenvalue weighted by atomic mass is 9.78. The zero-order valence-corrected chi connectivity index (χ0v) is 19.4. The van der Waals surface area contributed by atoms with Crippen molar-refractivity contribution in [2.45, 2.75) is 12.8 Å². The second kappa shape index (κ2) is 11.1. The molecule has 1 N–H and O–H groups in total. The molecule has 0 bridgehead atoms. The molecule has 1 aliphatic rings. The Morgan fingerprint density at radius 3 is 2.56 bits per heavy atom. The van der Waals surface area contributed by atoms with E-state index in [0.717, 1.165) is 24.0 Å². The molecule has 1 amide bonds. The fourth-order valence-corrected chi connectivity index (χ4v) is 4.39. The maximum Gasteiger partial charge on any atom is 0.427 e. The molecule has 3 aromatic rings. The highest BCUT2D eigenvalue weighted by molar-refractivity contribution is 5.87. The van der Waals surface area contributed by atoms with Crippen LogP contribution >= 0.6 is 0 Å². The lowest BCUT2D eigenvalue weighted by Gasteiger charge is -2.34. The van der Waals surface area contributed by atoms with Gasteiger partial charge in [-0.25, -0.2) is 15.0 Å². The van der Waals surface area contributed by atoms with Gasteiger partial charge < -0.3 is 13.9 Å². The van der Waals surface area contributed by atoms with E-state index in [1.165, 1.54) is 7.11 Å². The minimum Gasteiger partial charge on any atom is -0.452 e. The third kappa shape index (κ3) is 5.52. The van der Waals surface area contributed by atoms with Crippen molar-refractivity contribution in [2.24, 2.45) is 11.0 Å². The number of nitrogens with zero attached hydrogens (tertiary/aromatic N) is 2. The van der Waals surface area contributed by atoms with E-state index in [1.807, 2.05) is 61.5 Å². The molecule has 1 aromatic heterocycles. The Kier molecular flexibility index (Phi) is 7.72. The van der Waals surface area contributed by atoms with Crippen molar-refractivity contribution < 1.29 is 18.7 Å². The minimum atomic E-state index is -0.647. The highest BCUT2D eigenvalue weighted by Crippen LogP contribution is 2.33. The average Bonchev–Trinajstić information content (AvgIpc) is 2.88. The summed E-state index contributed by atoms with van der Waals surface area (Å²) in [5, 5.41) is 5.18. The summed E-state index contributed by atoms with van der Waals surface area (Å²) in [6, 6.07) is 19.3. The first-order chi connectivity index (χ1) is 16.6. The first-order valence-corrected chi connectivity index (χ1v) is 11.3. The lowest BCUT2D eigenvalue weighted by molar-refractivity contribution is 0.0335. The standard InChI is InChI=1S/C26H29N3O5/c1-18(27-28-26(31)32-2)22(17-29-12-14-33-15-13-29)24(19-8-4-3-5-9-19)21-16-20-10-6-7-11-23(20)34-25(21)30/h3-11,16,22,24H,12-15,17H2,1-2H3,(H,28,31)/b27-18+/t22-,24-/m0/s1. The lowest BCUT2D eigenvalue weighted by Crippen LogP contribution is -2.43. The van der Waals surface area contributed by atoms with Gasteiger partial charge in [-0.2, -0.15) is 5.10 Å². The summed E-state index contributed by atoms with van der Waals surface area (Å²) in [6.45, 7) is 5.35. The fraction of sp³-hybridized carbons (Fsp3) is 0.346. The van der Waals surface area contributed by atoms with E-state index in [1.54, 1.807) is 6.07 Å². The summed E-state index contributed by atoms with van der Waals surface area (Å²) < 4.78 is 15.9. The molecule has 0 saturated carbocycles. The second-order valence-corrected chi connectivity index (χ2v) is 8.29. The number of nitrogens with one attached hydrogen (secondary N) is 1. The number of carbonyl (C=O) groups is 1. The van der Waals surface area contributed by atoms with Crippen LogP contribution < -0.4 is 11.1 Å². The summed E-state index contributed by atoms with van der Waals surface area (Å²) >= 11 is 0. The third-order valence-electron chi connectivity index (χ3n) is 6.17. The predicted octanol–water partition coefficient (Wildman–Crippen LogP) is 3.61. The zero-order valence-electron chi connectivity index (χ0n) is 19.4. The molecule has 34 heavy (non-hydrogen) atoms. The summed E-state index contributed by atoms with van der Waals surface area (Å²) in [5.41, 5.74) is 4.80. The molecule has 0 spiro atoms. The van der Waals surface area contributed by atoms with E-state index in [0.29, 0.717) is 36.6 Å². The van der Waals surface area contributed by atoms with Crippen LogP contribution in [0.2, 0.25) is 0 Å². The summed E-state index contributed by atoms with van der Waals surface area (Å²) in [4.78, 5) is 27.3. The molecule has 0 radical (unpaired) electrons. The number of para-hydroxylation sites is 1. The van der Waals surface area contributed by atoms with Crippen LogP contribution in [0.15, 0.2) is 75.0 Å². The zero-order chi connectivity index (χ0) is 23.9. The highest BCUT2D eigenvalue weighted by atomic mass is 16.5. The predicted molar refractivity (Wildman–Crippen MR) is 130 cm³/mol. The first-order valence-electron chi connectivity index (χ1n) is 11.3. The number of fused-ring (bicyclic) bond motifs is 1. The van der Waals surface area contributed by atoms with Gasteiger partial charge in [-0.15, -0.1) is 0 Å². The van der Waals surface area contributed by atoms with Crippen molar-refractivity contribution in [3.05, 3.63) is 82.2 Å². The Hall–Kier alpha value is -3.49. The van der Waals surface area contributed by atoms with E-state index < -0.39 is 6.09 Å². The normalized spacial score (nSPS) is 16.7. The molecule has 1 fully saturated rings. The van der Waals surface area contributed by atoms with Crippen molar-refractivity contribution in [3.8, 4) is 0 Å². The van der Waals surface area contributed by atoms with Gasteiger partial charge in [0.1, 0.15) is 5.58 Å². The van der Waals surface area contributed by atoms with Crippen LogP contribution in [0.3, 0.4) is 0 Å². The number of amides is 1. The molecule has 0 unspecified atom stereocenters. The van der Waals surface area contributed by atoms with Gasteiger partial charge >= 0.3 is 11.7 Å². The van der Waals surface area contributed by atoms with Gasteiger partial charge in [0.15, 0.2) is 0 Å². The van der Waals surface area contributed by atoms with Gasteiger partial charge in [0.2, 0.25) is 0 Å². The fourth-order valence-electron chi connectivity index (χ4n) is 4.39. The van der Waals surface area contributed by atoms with Crippen LogP contribution in [0.1, 0.15) is 24.0 Å². The highest BCUT2D eigenvalue weighted by Gasteiger charge is 2.32. The molecule has 8 heteroatoms. The molecule has 1 saturated heterocycles. The molecule has 8 nitrogen and oxygen atoms in total. The van der Waals surface area contributed by atoms with E-state index in [4.69, 9.17) is 9.15 Å². The number of carbonyl (C=O) groups excluding carboxylic acids is 1. The molecule has 2 atom stereocenters. The van der Waals surface area contributed by atoms with Crippen molar-refractivity contribution in [2.75, 3.05) is 40.0 Å². The van der Waals surface area contributed by atoms with Gasteiger partial charge in [-0.1, -0.05) is 48.5 Å². The van der Waals surface area contributed by atoms with Crippen molar-refractivity contribution in [1.29, 1.82) is 0 Å². The Morgan fingerprint density at radius 1 is 1.12 bits per heavy atom. The number of ether oxygens (including phenoxy) is 2. The molecule has 4 rings (SSSR count). The summed E-state index contributed by atoms with van der Waals surface area (Å²) in [5.74, 6) is -0.560. The Labute approximate surface area is 198 Å². The molecule has 2 heterocycles. The van der Waals surface area contributed by atoms with Crippen LogP contribution in [0, 0.1) is 5.92 Å². The van der Waals surface area contributed by atoms with Gasteiger partial charge in [-0.05, 0) is 24.6 Å². The second-order valence-electron chi connectivity index (χ2n) is 8.29. The van der Waals surface area contributed by atoms with Gasteiger partial charge in [0.05, 0.1) is 20.3 Å². The number of hydrogen-bond acceptors (Lipinski definition) is 7. The van der Waals surface area contributed by atoms with Crippen molar-refractivity contribution in [3.63, 3.8) is 0 Å². The quantitative estimate of drug-likeness (QED) is 0.327. The monoisotopic (exact) mass is 463 g/mol. The summed E-state index contributed by atoms with van der Waals surface area (Å²) in [7, 11) is 1.29. The SMILES string of the molecule is COC(=O)N/N=C(\C)[C@H](CN1CCOCC1)[C@@H](c1ccccc1)c1cc2ccccc2oc1=O. The summed E-state index contributed by atoms with van der Waals surface area (Å²) in [6.07, 6.45) is -0.647. The largest absolute Gasteiger partial charge is 0.452 e. The Bertz CT molecular complexity index is 1200. The Balaban J connectivity index is 1.83. The maximum atomic E-state index is 13.2. The topological polar surface area (TPSA) is 93.4 Å². The van der Waals surface area contributed by atoms with Gasteiger partial charge in [-0.3, -0.25) is 4.90 Å². The number of hydrazone groups is 1. The number of hydrogen-bond donors (Lipinski definition) is 1. The smallest absolute Gasteiger partial charge is 0.427 e. The molecular formula is C26H29N3O5. The van der Waals surface area contributed by atoms with E-state index in [9.17, 15) is 9.59 Å². The van der Waals surface area contributed by atoms with Crippen LogP contribution in [0.25, 0.3) is 11.0 Å². The number of morpholine rings is 1. The van der Waals surface area contributed by atoms with Crippen molar-refractivity contribution >= 4 is 22.8 Å². The average molecular weight is 464 g/mol. The van der Waals surface area contributed by atoms with Crippen LogP contribution in [0.5, 0.6) is 0 Å². The van der Waals surface area contributed by atoms with E-state index in [2.05, 4.69) is 20.2 Å². The van der Waals surface area contributed by atoms with Gasteiger partial charge in [0, 0.05) is 48.1 Å². The van der Waals surface area contributed by atoms with Crippen LogP contribution in [0.4, 0.5) is 4.79 Å². The molecule has 1 aliphatic heterocycles. The number of rotatable bonds is 7. The molecule has 0 aliphatic carbocycles. The molecular weight excluding hydrogens is 434 g/mol. The van der Waals surface area contributed by atoms with Crippen LogP contribution in [-0.2, 0) is 9.47 Å². The molecule has 178 valence electrons. The van der Waals surface area contributed by atoms with Crippen molar-refractivity contribution in [1.82, 2.24) is 10.3 Å². The minimum absolute atomic E-state index is 0.221. The number of benzene rings is 2. The van der Waals surface area contributed by atoms with E-state index in [-0.39, 0.29) is 17.5 Å². The molecule has 2 aromatic carbocycles. The Morgan fingerprint density at radius 2 is 1.82 bits per heavy atom. The van der Waals surface area contributed by atoms with Gasteiger partial charge in [0.25, 0.3) is 0 Å². The van der Waals surface area contributed by atoms with Crippen LogP contribution in [-0.4, -0.2) is 56.7 Å². The number of methoxy groups -OCH3 is 1. The van der Waals surface area contributed by atoms with E-state index >= 15 is 0 Å².